The van der Waals surface area contributed by atoms with Gasteiger partial charge in [0.1, 0.15) is 11.5 Å². The molecule has 6 aromatic rings. The fourth-order valence-corrected chi connectivity index (χ4v) is 7.61. The molecule has 280 valence electrons. The molecule has 6 N–H and O–H groups in total. The summed E-state index contributed by atoms with van der Waals surface area (Å²) in [6.07, 6.45) is 4.55. The quantitative estimate of drug-likeness (QED) is 0.0578. The number of rotatable bonds is 17. The van der Waals surface area contributed by atoms with Crippen molar-refractivity contribution in [3.05, 3.63) is 148 Å². The largest absolute Gasteiger partial charge is 0.508 e. The average Bonchev–Trinajstić information content (AvgIpc) is 3.68. The molecule has 0 amide bonds. The Labute approximate surface area is 315 Å². The number of phenolic OH excluding ortho intramolecular Hbond substituents is 3. The van der Waals surface area contributed by atoms with E-state index in [9.17, 15) is 30.3 Å². The van der Waals surface area contributed by atoms with Crippen molar-refractivity contribution in [1.29, 1.82) is 0 Å². The second kappa shape index (κ2) is 17.4. The summed E-state index contributed by atoms with van der Waals surface area (Å²) < 4.78 is 11.1. The normalized spacial score (nSPS) is 13.0. The third-order valence-electron chi connectivity index (χ3n) is 10.3. The number of hydrogen-bond donors (Lipinski definition) is 6. The minimum atomic E-state index is -1.05. The molecule has 0 aliphatic rings. The van der Waals surface area contributed by atoms with E-state index in [2.05, 4.69) is 4.98 Å². The number of ketones is 1. The van der Waals surface area contributed by atoms with Crippen LogP contribution in [0.2, 0.25) is 0 Å². The van der Waals surface area contributed by atoms with Gasteiger partial charge >= 0.3 is 0 Å². The van der Waals surface area contributed by atoms with E-state index in [1.54, 1.807) is 42.5 Å². The summed E-state index contributed by atoms with van der Waals surface area (Å²) in [7, 11) is 2.99. The van der Waals surface area contributed by atoms with Crippen molar-refractivity contribution in [2.75, 3.05) is 20.8 Å². The molecule has 5 aromatic carbocycles. The molecule has 0 saturated carbocycles. The number of Topliss-reactive ketones (excluding diaryl/α,β-unsaturated/α-hetero) is 1. The van der Waals surface area contributed by atoms with Crippen LogP contribution in [0.25, 0.3) is 10.8 Å². The van der Waals surface area contributed by atoms with E-state index in [-0.39, 0.29) is 48.2 Å². The molecule has 9 heteroatoms. The fraction of sp³-hybridized carbons (Fsp3) is 0.267. The van der Waals surface area contributed by atoms with Gasteiger partial charge in [0.25, 0.3) is 0 Å². The van der Waals surface area contributed by atoms with Crippen LogP contribution in [0.4, 0.5) is 0 Å². The molecule has 1 aromatic heterocycles. The summed E-state index contributed by atoms with van der Waals surface area (Å²) in [6.45, 7) is 0.0149. The van der Waals surface area contributed by atoms with Crippen LogP contribution >= 0.6 is 0 Å². The topological polar surface area (TPSA) is 152 Å². The van der Waals surface area contributed by atoms with Crippen molar-refractivity contribution >= 4 is 16.6 Å². The Balaban J connectivity index is 1.34. The second-order valence-corrected chi connectivity index (χ2v) is 13.8. The number of aromatic amines is 1. The number of carbonyl (C=O) groups excluding carboxylic acids is 1. The molecule has 0 spiro atoms. The van der Waals surface area contributed by atoms with Crippen LogP contribution < -0.4 is 9.47 Å². The van der Waals surface area contributed by atoms with Crippen LogP contribution in [-0.4, -0.2) is 63.2 Å². The van der Waals surface area contributed by atoms with Crippen molar-refractivity contribution in [1.82, 2.24) is 4.98 Å². The maximum absolute atomic E-state index is 14.3. The highest BCUT2D eigenvalue weighted by Crippen LogP contribution is 2.38. The molecule has 3 unspecified atom stereocenters. The Morgan fingerprint density at radius 1 is 0.759 bits per heavy atom. The number of H-pyrrole nitrogens is 1. The zero-order chi connectivity index (χ0) is 38.2. The van der Waals surface area contributed by atoms with Crippen LogP contribution in [-0.2, 0) is 36.9 Å². The zero-order valence-electron chi connectivity index (χ0n) is 30.5. The van der Waals surface area contributed by atoms with Gasteiger partial charge in [-0.25, -0.2) is 0 Å². The number of hydrogen-bond acceptors (Lipinski definition) is 8. The smallest absolute Gasteiger partial charge is 0.164 e. The van der Waals surface area contributed by atoms with Crippen molar-refractivity contribution in [3.8, 4) is 28.7 Å². The molecule has 54 heavy (non-hydrogen) atoms. The van der Waals surface area contributed by atoms with Crippen LogP contribution in [0.15, 0.2) is 109 Å². The highest BCUT2D eigenvalue weighted by molar-refractivity contribution is 5.89. The Bertz CT molecular complexity index is 2190. The Kier molecular flexibility index (Phi) is 12.2. The molecular formula is C45H47NO8. The van der Waals surface area contributed by atoms with Gasteiger partial charge in [0.05, 0.1) is 20.3 Å². The second-order valence-electron chi connectivity index (χ2n) is 13.8. The standard InChI is InChI=1S/C45H47NO8/c1-53-43-22-28(12-14-39(43)49)21-37(32-9-5-11-36(48)24-32)42(52)26-41(51)35(20-29-16-18-46-27-29)23-33-13-15-40(50)45(54-2)38(33)25-34-10-4-7-30-6-3-8-31(17-19-47)44(30)34/h3-16,18,22,24,27,35,37,41,46-51H,17,19-21,23,25-26H2,1-2H3. The summed E-state index contributed by atoms with van der Waals surface area (Å²) in [5.74, 6) is -0.646. The van der Waals surface area contributed by atoms with Crippen LogP contribution in [0.5, 0.6) is 28.7 Å². The molecule has 3 atom stereocenters. The Morgan fingerprint density at radius 2 is 1.52 bits per heavy atom. The number of benzene rings is 5. The lowest BCUT2D eigenvalue weighted by molar-refractivity contribution is -0.123. The van der Waals surface area contributed by atoms with Crippen molar-refractivity contribution < 1.29 is 39.8 Å². The first-order valence-electron chi connectivity index (χ1n) is 18.1. The monoisotopic (exact) mass is 729 g/mol. The number of ether oxygens (including phenoxy) is 2. The highest BCUT2D eigenvalue weighted by Gasteiger charge is 2.30. The van der Waals surface area contributed by atoms with E-state index in [1.807, 2.05) is 60.9 Å². The molecule has 6 rings (SSSR count). The molecule has 0 aliphatic heterocycles. The average molecular weight is 730 g/mol. The molecule has 0 fully saturated rings. The van der Waals surface area contributed by atoms with Crippen LogP contribution in [0.1, 0.15) is 51.3 Å². The van der Waals surface area contributed by atoms with Crippen LogP contribution in [0, 0.1) is 5.92 Å². The Morgan fingerprint density at radius 3 is 2.22 bits per heavy atom. The molecule has 0 saturated heterocycles. The van der Waals surface area contributed by atoms with Gasteiger partial charge in [-0.05, 0) is 112 Å². The van der Waals surface area contributed by atoms with Gasteiger partial charge in [0, 0.05) is 43.3 Å². The lowest BCUT2D eigenvalue weighted by Crippen LogP contribution is -2.30. The summed E-state index contributed by atoms with van der Waals surface area (Å²) in [5.41, 5.74) is 6.03. The molecule has 1 heterocycles. The third-order valence-corrected chi connectivity index (χ3v) is 10.3. The number of aromatic hydroxyl groups is 3. The summed E-state index contributed by atoms with van der Waals surface area (Å²) in [6, 6.07) is 29.1. The number of aliphatic hydroxyl groups is 2. The first-order valence-corrected chi connectivity index (χ1v) is 18.1. The first-order chi connectivity index (χ1) is 26.2. The first kappa shape index (κ1) is 38.0. The van der Waals surface area contributed by atoms with Gasteiger partial charge < -0.3 is 40.0 Å². The number of methoxy groups -OCH3 is 2. The van der Waals surface area contributed by atoms with E-state index in [1.165, 1.54) is 20.3 Å². The zero-order valence-corrected chi connectivity index (χ0v) is 30.5. The van der Waals surface area contributed by atoms with Gasteiger partial charge in [-0.15, -0.1) is 0 Å². The molecule has 9 nitrogen and oxygen atoms in total. The predicted octanol–water partition coefficient (Wildman–Crippen LogP) is 7.18. The summed E-state index contributed by atoms with van der Waals surface area (Å²) in [4.78, 5) is 17.4. The van der Waals surface area contributed by atoms with E-state index >= 15 is 0 Å². The Hall–Kier alpha value is -5.77. The van der Waals surface area contributed by atoms with Gasteiger partial charge in [0.2, 0.25) is 0 Å². The summed E-state index contributed by atoms with van der Waals surface area (Å²) in [5, 5.41) is 55.5. The number of phenols is 3. The molecule has 0 radical (unpaired) electrons. The molecule has 0 bridgehead atoms. The highest BCUT2D eigenvalue weighted by atomic mass is 16.5. The minimum absolute atomic E-state index is 0.00444. The predicted molar refractivity (Wildman–Crippen MR) is 209 cm³/mol. The number of nitrogens with one attached hydrogen (secondary N) is 1. The van der Waals surface area contributed by atoms with Gasteiger partial charge in [0.15, 0.2) is 23.0 Å². The number of fused-ring (bicyclic) bond motifs is 1. The van der Waals surface area contributed by atoms with Gasteiger partial charge in [-0.1, -0.05) is 60.7 Å². The fourth-order valence-electron chi connectivity index (χ4n) is 7.61. The van der Waals surface area contributed by atoms with E-state index in [4.69, 9.17) is 9.47 Å². The lowest BCUT2D eigenvalue weighted by Gasteiger charge is -2.26. The van der Waals surface area contributed by atoms with Crippen molar-refractivity contribution in [2.24, 2.45) is 5.92 Å². The van der Waals surface area contributed by atoms with E-state index in [0.29, 0.717) is 37.0 Å². The van der Waals surface area contributed by atoms with E-state index in [0.717, 1.165) is 44.2 Å². The van der Waals surface area contributed by atoms with E-state index < -0.39 is 17.9 Å². The third kappa shape index (κ3) is 8.71. The van der Waals surface area contributed by atoms with Crippen LogP contribution in [0.3, 0.4) is 0 Å². The van der Waals surface area contributed by atoms with Crippen molar-refractivity contribution in [3.63, 3.8) is 0 Å². The number of aromatic nitrogens is 1. The van der Waals surface area contributed by atoms with Gasteiger partial charge in [-0.3, -0.25) is 4.79 Å². The van der Waals surface area contributed by atoms with Gasteiger partial charge in [-0.2, -0.15) is 0 Å². The maximum atomic E-state index is 14.3. The number of carbonyl (C=O) groups is 1. The maximum Gasteiger partial charge on any atom is 0.164 e. The van der Waals surface area contributed by atoms with Crippen molar-refractivity contribution in [2.45, 2.75) is 50.5 Å². The molecular weight excluding hydrogens is 682 g/mol. The SMILES string of the molecule is COc1cc(CC(C(=O)CC(O)C(Cc2cc[nH]c2)Cc2ccc(O)c(OC)c2Cc2cccc3cccc(CCO)c23)c2cccc(O)c2)ccc1O. The lowest BCUT2D eigenvalue weighted by atomic mass is 9.80. The minimum Gasteiger partial charge on any atom is -0.508 e. The summed E-state index contributed by atoms with van der Waals surface area (Å²) >= 11 is 0. The molecule has 0 aliphatic carbocycles. The number of aliphatic hydroxyl groups excluding tert-OH is 2.